The second-order valence-corrected chi connectivity index (χ2v) is 11.3. The van der Waals surface area contributed by atoms with E-state index < -0.39 is 6.95 Å². The summed E-state index contributed by atoms with van der Waals surface area (Å²) in [7, 11) is 0. The first-order valence-corrected chi connectivity index (χ1v) is 12.0. The monoisotopic (exact) mass is 412 g/mol. The number of rotatable bonds is 2. The van der Waals surface area contributed by atoms with E-state index in [9.17, 15) is 9.36 Å². The van der Waals surface area contributed by atoms with E-state index in [2.05, 4.69) is 26.5 Å². The lowest BCUT2D eigenvalue weighted by Crippen LogP contribution is -2.58. The molecule has 0 radical (unpaired) electrons. The summed E-state index contributed by atoms with van der Waals surface area (Å²) in [6.07, 6.45) is 9.27. The zero-order valence-corrected chi connectivity index (χ0v) is 17.4. The summed E-state index contributed by atoms with van der Waals surface area (Å²) in [6.45, 7) is 6.02. The van der Waals surface area contributed by atoms with Gasteiger partial charge < -0.3 is 4.74 Å². The van der Waals surface area contributed by atoms with Gasteiger partial charge in [-0.25, -0.2) is 9.36 Å². The molecule has 4 aliphatic rings. The molecule has 2 aliphatic carbocycles. The van der Waals surface area contributed by atoms with Gasteiger partial charge in [0.1, 0.15) is 6.61 Å². The normalized spacial score (nSPS) is 47.4. The molecule has 1 unspecified atom stereocenters. The van der Waals surface area contributed by atoms with Crippen molar-refractivity contribution in [2.75, 3.05) is 13.2 Å². The average molecular weight is 413 g/mol. The van der Waals surface area contributed by atoms with Gasteiger partial charge in [-0.05, 0) is 43.1 Å². The molecular weight excluding hydrogens is 387 g/mol. The highest BCUT2D eigenvalue weighted by Gasteiger charge is 2.61. The smallest absolute Gasteiger partial charge is 0.424 e. The number of hydrogen-bond donors (Lipinski definition) is 0. The number of halogens is 1. The van der Waals surface area contributed by atoms with Crippen molar-refractivity contribution in [2.24, 2.45) is 22.7 Å². The zero-order chi connectivity index (χ0) is 19.4. The molecule has 0 aromatic rings. The molecule has 5 nitrogen and oxygen atoms in total. The van der Waals surface area contributed by atoms with Crippen LogP contribution in [0.3, 0.4) is 0 Å². The Bertz CT molecular complexity index is 789. The molecule has 2 heterocycles. The fourth-order valence-corrected chi connectivity index (χ4v) is 7.32. The van der Waals surface area contributed by atoms with E-state index in [-0.39, 0.29) is 28.8 Å². The van der Waals surface area contributed by atoms with Crippen LogP contribution < -0.4 is 0 Å². The van der Waals surface area contributed by atoms with Crippen LogP contribution in [0.5, 0.6) is 0 Å². The van der Waals surface area contributed by atoms with Gasteiger partial charge in [0, 0.05) is 22.6 Å². The van der Waals surface area contributed by atoms with Gasteiger partial charge in [0.15, 0.2) is 0 Å². The van der Waals surface area contributed by atoms with Gasteiger partial charge in [-0.1, -0.05) is 38.2 Å². The molecule has 0 bridgehead atoms. The van der Waals surface area contributed by atoms with Crippen molar-refractivity contribution in [1.29, 1.82) is 0 Å². The van der Waals surface area contributed by atoms with Crippen LogP contribution in [0, 0.1) is 22.7 Å². The predicted molar refractivity (Wildman–Crippen MR) is 103 cm³/mol. The largest absolute Gasteiger partial charge is 0.458 e. The number of allylic oxidation sites excluding steroid dienone is 2. The Morgan fingerprint density at radius 3 is 2.81 bits per heavy atom. The van der Waals surface area contributed by atoms with Crippen molar-refractivity contribution in [3.05, 3.63) is 36.0 Å². The van der Waals surface area contributed by atoms with Crippen molar-refractivity contribution in [3.8, 4) is 0 Å². The maximum atomic E-state index is 12.1. The molecule has 7 heteroatoms. The third kappa shape index (κ3) is 3.17. The van der Waals surface area contributed by atoms with Crippen LogP contribution in [0.2, 0.25) is 0 Å². The fourth-order valence-electron chi connectivity index (χ4n) is 5.74. The molecular formula is C20H26ClO5P. The minimum absolute atomic E-state index is 0.0273. The Morgan fingerprint density at radius 2 is 2.11 bits per heavy atom. The number of carbonyl (C=O) groups is 1. The Balaban J connectivity index is 1.64. The third-order valence-corrected chi connectivity index (χ3v) is 8.66. The van der Waals surface area contributed by atoms with Gasteiger partial charge in [-0.15, -0.1) is 0 Å². The standard InChI is InChI=1S/C20H26ClO5P/c1-13-4-7-16-19(2,15(13)6-5-14-9-11-24-18(14)22)10-8-17-20(16,3)12-25-27(21,23)26-17/h5-6,9,15-17H,1,4,7-8,10-12H2,2-3H3/b6-5+/t15-,16+,17-,19+,20+,27?/m1/s1. The second kappa shape index (κ2) is 6.59. The lowest BCUT2D eigenvalue weighted by Gasteiger charge is -2.61. The van der Waals surface area contributed by atoms with Crippen LogP contribution in [-0.2, 0) is 23.1 Å². The number of esters is 1. The van der Waals surface area contributed by atoms with E-state index in [4.69, 9.17) is 25.0 Å². The van der Waals surface area contributed by atoms with Crippen LogP contribution in [0.4, 0.5) is 0 Å². The molecule has 0 spiro atoms. The highest BCUT2D eigenvalue weighted by atomic mass is 35.7. The summed E-state index contributed by atoms with van der Waals surface area (Å²) in [4.78, 5) is 11.8. The number of cyclic esters (lactones) is 1. The molecule has 1 saturated heterocycles. The van der Waals surface area contributed by atoms with Crippen molar-refractivity contribution in [2.45, 2.75) is 45.6 Å². The van der Waals surface area contributed by atoms with Gasteiger partial charge in [-0.2, -0.15) is 0 Å². The lowest BCUT2D eigenvalue weighted by molar-refractivity contribution is -0.154. The molecule has 0 N–H and O–H groups in total. The molecule has 0 aromatic carbocycles. The van der Waals surface area contributed by atoms with Crippen LogP contribution >= 0.6 is 18.2 Å². The zero-order valence-electron chi connectivity index (χ0n) is 15.8. The minimum atomic E-state index is -3.47. The summed E-state index contributed by atoms with van der Waals surface area (Å²) < 4.78 is 28.2. The summed E-state index contributed by atoms with van der Waals surface area (Å²) >= 11 is 5.89. The van der Waals surface area contributed by atoms with Crippen molar-refractivity contribution < 1.29 is 23.1 Å². The SMILES string of the molecule is C=C1CC[C@@H]2[C@]3(C)COP(=O)(Cl)O[C@@H]3CC[C@@]2(C)[C@@H]1/C=C/C1=CCOC1=O. The Morgan fingerprint density at radius 1 is 1.33 bits per heavy atom. The van der Waals surface area contributed by atoms with Crippen LogP contribution in [0.25, 0.3) is 0 Å². The molecule has 6 atom stereocenters. The van der Waals surface area contributed by atoms with Gasteiger partial charge in [0.2, 0.25) is 0 Å². The van der Waals surface area contributed by atoms with Crippen molar-refractivity contribution >= 4 is 24.2 Å². The summed E-state index contributed by atoms with van der Waals surface area (Å²) in [5, 5.41) is 0. The second-order valence-electron chi connectivity index (χ2n) is 8.69. The maximum absolute atomic E-state index is 12.1. The van der Waals surface area contributed by atoms with Gasteiger partial charge in [0.05, 0.1) is 18.3 Å². The molecule has 148 valence electrons. The summed E-state index contributed by atoms with van der Waals surface area (Å²) in [5.74, 6) is 0.218. The number of ether oxygens (including phenoxy) is 1. The minimum Gasteiger partial charge on any atom is -0.458 e. The van der Waals surface area contributed by atoms with E-state index in [0.29, 0.717) is 24.7 Å². The number of hydrogen-bond acceptors (Lipinski definition) is 5. The first kappa shape index (κ1) is 19.4. The van der Waals surface area contributed by atoms with Crippen LogP contribution in [-0.4, -0.2) is 25.3 Å². The van der Waals surface area contributed by atoms with Crippen LogP contribution in [0.1, 0.15) is 39.5 Å². The van der Waals surface area contributed by atoms with E-state index >= 15 is 0 Å². The molecule has 27 heavy (non-hydrogen) atoms. The predicted octanol–water partition coefficient (Wildman–Crippen LogP) is 5.18. The molecule has 4 rings (SSSR count). The van der Waals surface area contributed by atoms with Gasteiger partial charge in [0.25, 0.3) is 0 Å². The van der Waals surface area contributed by atoms with E-state index in [0.717, 1.165) is 25.7 Å². The quantitative estimate of drug-likeness (QED) is 0.355. The topological polar surface area (TPSA) is 61.8 Å². The summed E-state index contributed by atoms with van der Waals surface area (Å²) in [5.41, 5.74) is 1.54. The lowest BCUT2D eigenvalue weighted by atomic mass is 9.46. The van der Waals surface area contributed by atoms with Crippen LogP contribution in [0.15, 0.2) is 36.0 Å². The first-order chi connectivity index (χ1) is 12.7. The molecule has 0 aromatic heterocycles. The average Bonchev–Trinajstić information content (AvgIpc) is 3.00. The highest BCUT2D eigenvalue weighted by Crippen LogP contribution is 2.69. The number of carbonyl (C=O) groups excluding carboxylic acids is 1. The van der Waals surface area contributed by atoms with Gasteiger partial charge >= 0.3 is 12.9 Å². The van der Waals surface area contributed by atoms with E-state index in [1.165, 1.54) is 5.57 Å². The molecule has 3 fully saturated rings. The van der Waals surface area contributed by atoms with Crippen molar-refractivity contribution in [1.82, 2.24) is 0 Å². The number of fused-ring (bicyclic) bond motifs is 3. The van der Waals surface area contributed by atoms with Gasteiger partial charge in [-0.3, -0.25) is 9.05 Å². The molecule has 2 saturated carbocycles. The fraction of sp³-hybridized carbons (Fsp3) is 0.650. The molecule has 0 amide bonds. The Hall–Kier alpha value is -0.870. The van der Waals surface area contributed by atoms with E-state index in [1.807, 2.05) is 12.2 Å². The van der Waals surface area contributed by atoms with E-state index in [1.54, 1.807) is 0 Å². The Kier molecular flexibility index (Phi) is 4.74. The highest BCUT2D eigenvalue weighted by molar-refractivity contribution is 7.81. The first-order valence-electron chi connectivity index (χ1n) is 9.51. The third-order valence-electron chi connectivity index (χ3n) is 7.18. The molecule has 2 aliphatic heterocycles. The summed E-state index contributed by atoms with van der Waals surface area (Å²) in [6, 6.07) is 0. The van der Waals surface area contributed by atoms with Crippen molar-refractivity contribution in [3.63, 3.8) is 0 Å². The maximum Gasteiger partial charge on any atom is 0.424 e. The Labute approximate surface area is 165 Å².